The summed E-state index contributed by atoms with van der Waals surface area (Å²) >= 11 is 0. The topological polar surface area (TPSA) is 3.24 Å². The second-order valence-corrected chi connectivity index (χ2v) is 7.47. The maximum atomic E-state index is 14.9. The molecule has 0 aromatic heterocycles. The second-order valence-electron chi connectivity index (χ2n) is 7.47. The Balaban J connectivity index is 2.11. The zero-order chi connectivity index (χ0) is 22.0. The summed E-state index contributed by atoms with van der Waals surface area (Å²) in [6, 6.07) is 12.8. The van der Waals surface area contributed by atoms with Crippen LogP contribution >= 0.6 is 0 Å². The van der Waals surface area contributed by atoms with Gasteiger partial charge in [-0.05, 0) is 23.3 Å². The number of hydrogen-bond acceptors (Lipinski definition) is 1. The van der Waals surface area contributed by atoms with E-state index in [2.05, 4.69) is 0 Å². The first-order valence-corrected chi connectivity index (χ1v) is 8.90. The first kappa shape index (κ1) is 20.3. The molecule has 1 nitrogen and oxygen atoms in total. The zero-order valence-corrected chi connectivity index (χ0v) is 15.7. The molecule has 0 spiro atoms. The standard InChI is InChI=1S/C22H14F7N/c1-21(2)11-7-3-5-9-13(11)30(14-10-6-4-8-12(14)21)20-18(25)16(23)15(22(27,28)29)17(24)19(20)26/h3-10H,1-2H3. The fourth-order valence-corrected chi connectivity index (χ4v) is 3.98. The highest BCUT2D eigenvalue weighted by atomic mass is 19.4. The van der Waals surface area contributed by atoms with E-state index in [1.54, 1.807) is 36.4 Å². The molecule has 0 radical (unpaired) electrons. The van der Waals surface area contributed by atoms with Crippen molar-refractivity contribution >= 4 is 17.1 Å². The van der Waals surface area contributed by atoms with Crippen LogP contribution in [0.3, 0.4) is 0 Å². The lowest BCUT2D eigenvalue weighted by molar-refractivity contribution is -0.143. The maximum absolute atomic E-state index is 14.9. The van der Waals surface area contributed by atoms with E-state index in [-0.39, 0.29) is 11.4 Å². The van der Waals surface area contributed by atoms with Crippen LogP contribution in [-0.2, 0) is 11.6 Å². The minimum atomic E-state index is -5.60. The van der Waals surface area contributed by atoms with Crippen LogP contribution in [0.15, 0.2) is 48.5 Å². The average molecular weight is 425 g/mol. The van der Waals surface area contributed by atoms with Crippen molar-refractivity contribution in [3.05, 3.63) is 88.5 Å². The SMILES string of the molecule is CC1(C)c2ccccc2N(c2c(F)c(F)c(C(F)(F)F)c(F)c2F)c2ccccc21. The van der Waals surface area contributed by atoms with E-state index < -0.39 is 46.1 Å². The van der Waals surface area contributed by atoms with Gasteiger partial charge in [0.15, 0.2) is 23.3 Å². The maximum Gasteiger partial charge on any atom is 0.422 e. The van der Waals surface area contributed by atoms with Gasteiger partial charge in [0.1, 0.15) is 11.3 Å². The third-order valence-corrected chi connectivity index (χ3v) is 5.38. The molecule has 0 aliphatic carbocycles. The summed E-state index contributed by atoms with van der Waals surface area (Å²) in [7, 11) is 0. The van der Waals surface area contributed by atoms with Crippen LogP contribution < -0.4 is 4.90 Å². The van der Waals surface area contributed by atoms with Crippen LogP contribution in [0.25, 0.3) is 0 Å². The van der Waals surface area contributed by atoms with Crippen LogP contribution in [-0.4, -0.2) is 0 Å². The summed E-state index contributed by atoms with van der Waals surface area (Å²) in [6.07, 6.45) is -5.60. The van der Waals surface area contributed by atoms with Gasteiger partial charge in [-0.3, -0.25) is 0 Å². The van der Waals surface area contributed by atoms with E-state index in [1.165, 1.54) is 12.1 Å². The molecule has 3 aromatic rings. The normalized spacial score (nSPS) is 15.0. The summed E-state index contributed by atoms with van der Waals surface area (Å²) in [5.74, 6) is -9.22. The Bertz CT molecular complexity index is 1090. The molecule has 30 heavy (non-hydrogen) atoms. The lowest BCUT2D eigenvalue weighted by atomic mass is 9.73. The van der Waals surface area contributed by atoms with E-state index in [4.69, 9.17) is 0 Å². The van der Waals surface area contributed by atoms with Gasteiger partial charge in [0.2, 0.25) is 0 Å². The molecule has 0 bridgehead atoms. The summed E-state index contributed by atoms with van der Waals surface area (Å²) in [5.41, 5.74) is -2.89. The number of benzene rings is 3. The number of rotatable bonds is 1. The highest BCUT2D eigenvalue weighted by Crippen LogP contribution is 2.53. The van der Waals surface area contributed by atoms with Gasteiger partial charge in [-0.1, -0.05) is 50.2 Å². The Morgan fingerprint density at radius 2 is 1.07 bits per heavy atom. The minimum absolute atomic E-state index is 0.206. The number of anilines is 3. The molecular formula is C22H14F7N. The molecule has 8 heteroatoms. The molecule has 1 heterocycles. The smallest absolute Gasteiger partial charge is 0.304 e. The quantitative estimate of drug-likeness (QED) is 0.291. The van der Waals surface area contributed by atoms with E-state index in [9.17, 15) is 30.7 Å². The lowest BCUT2D eigenvalue weighted by Gasteiger charge is -2.42. The molecule has 0 amide bonds. The highest BCUT2D eigenvalue weighted by molar-refractivity contribution is 5.86. The monoisotopic (exact) mass is 425 g/mol. The third-order valence-electron chi connectivity index (χ3n) is 5.38. The van der Waals surface area contributed by atoms with E-state index in [1.807, 2.05) is 13.8 Å². The van der Waals surface area contributed by atoms with Gasteiger partial charge in [-0.25, -0.2) is 17.6 Å². The molecule has 4 rings (SSSR count). The van der Waals surface area contributed by atoms with E-state index in [0.717, 1.165) is 4.90 Å². The van der Waals surface area contributed by atoms with Crippen LogP contribution in [0, 0.1) is 23.3 Å². The summed E-state index contributed by atoms with van der Waals surface area (Å²) in [6.45, 7) is 3.73. The molecule has 3 aromatic carbocycles. The Morgan fingerprint density at radius 1 is 0.667 bits per heavy atom. The van der Waals surface area contributed by atoms with E-state index in [0.29, 0.717) is 11.1 Å². The van der Waals surface area contributed by atoms with E-state index >= 15 is 0 Å². The molecule has 0 saturated heterocycles. The van der Waals surface area contributed by atoms with Gasteiger partial charge in [0.05, 0.1) is 11.4 Å². The molecule has 0 atom stereocenters. The Kier molecular flexibility index (Phi) is 4.38. The summed E-state index contributed by atoms with van der Waals surface area (Å²) in [4.78, 5) is 0.924. The Labute approximate surface area is 167 Å². The highest BCUT2D eigenvalue weighted by Gasteiger charge is 2.45. The Morgan fingerprint density at radius 3 is 1.47 bits per heavy atom. The molecule has 1 aliphatic rings. The number of alkyl halides is 3. The van der Waals surface area contributed by atoms with Crippen LogP contribution in [0.1, 0.15) is 30.5 Å². The predicted octanol–water partition coefficient (Wildman–Crippen LogP) is 7.37. The van der Waals surface area contributed by atoms with Gasteiger partial charge in [0.25, 0.3) is 0 Å². The number of halogens is 7. The number of para-hydroxylation sites is 2. The largest absolute Gasteiger partial charge is 0.422 e. The third kappa shape index (κ3) is 2.69. The molecule has 0 fully saturated rings. The number of hydrogen-bond donors (Lipinski definition) is 0. The fraction of sp³-hybridized carbons (Fsp3) is 0.182. The van der Waals surface area contributed by atoms with Gasteiger partial charge >= 0.3 is 6.18 Å². The van der Waals surface area contributed by atoms with Crippen molar-refractivity contribution in [1.29, 1.82) is 0 Å². The van der Waals surface area contributed by atoms with Crippen molar-refractivity contribution < 1.29 is 30.7 Å². The van der Waals surface area contributed by atoms with Crippen LogP contribution in [0.2, 0.25) is 0 Å². The minimum Gasteiger partial charge on any atom is -0.304 e. The number of fused-ring (bicyclic) bond motifs is 2. The molecule has 0 N–H and O–H groups in total. The van der Waals surface area contributed by atoms with Crippen LogP contribution in [0.4, 0.5) is 47.8 Å². The first-order chi connectivity index (χ1) is 14.0. The van der Waals surface area contributed by atoms with Crippen molar-refractivity contribution in [1.82, 2.24) is 0 Å². The fourth-order valence-electron chi connectivity index (χ4n) is 3.98. The van der Waals surface area contributed by atoms with Gasteiger partial charge in [0, 0.05) is 5.41 Å². The van der Waals surface area contributed by atoms with Crippen molar-refractivity contribution in [2.45, 2.75) is 25.4 Å². The second kappa shape index (κ2) is 6.48. The lowest BCUT2D eigenvalue weighted by Crippen LogP contribution is -2.32. The van der Waals surface area contributed by atoms with Crippen molar-refractivity contribution in [2.24, 2.45) is 0 Å². The first-order valence-electron chi connectivity index (χ1n) is 8.90. The summed E-state index contributed by atoms with van der Waals surface area (Å²) < 4.78 is 97.4. The van der Waals surface area contributed by atoms with Crippen molar-refractivity contribution in [3.63, 3.8) is 0 Å². The molecule has 0 unspecified atom stereocenters. The predicted molar refractivity (Wildman–Crippen MR) is 98.1 cm³/mol. The zero-order valence-electron chi connectivity index (χ0n) is 15.7. The number of nitrogens with zero attached hydrogens (tertiary/aromatic N) is 1. The van der Waals surface area contributed by atoms with Gasteiger partial charge in [-0.15, -0.1) is 0 Å². The molecular weight excluding hydrogens is 411 g/mol. The summed E-state index contributed by atoms with van der Waals surface area (Å²) in [5, 5.41) is 0. The van der Waals surface area contributed by atoms with Crippen LogP contribution in [0.5, 0.6) is 0 Å². The van der Waals surface area contributed by atoms with Gasteiger partial charge < -0.3 is 4.90 Å². The van der Waals surface area contributed by atoms with Gasteiger partial charge in [-0.2, -0.15) is 13.2 Å². The molecule has 1 aliphatic heterocycles. The molecule has 0 saturated carbocycles. The van der Waals surface area contributed by atoms with Crippen molar-refractivity contribution in [2.75, 3.05) is 4.90 Å². The molecule has 156 valence electrons. The average Bonchev–Trinajstić information content (AvgIpc) is 2.68. The van der Waals surface area contributed by atoms with Crippen molar-refractivity contribution in [3.8, 4) is 0 Å². The Hall–Kier alpha value is -3.03.